The van der Waals surface area contributed by atoms with Crippen LogP contribution in [0.15, 0.2) is 95.4 Å². The van der Waals surface area contributed by atoms with E-state index in [-0.39, 0.29) is 65.6 Å². The van der Waals surface area contributed by atoms with Crippen molar-refractivity contribution in [3.05, 3.63) is 123 Å². The topological polar surface area (TPSA) is 121 Å². The fraction of sp³-hybridized carbons (Fsp3) is 0.375. The molecule has 0 radical (unpaired) electrons. The van der Waals surface area contributed by atoms with Gasteiger partial charge in [-0.25, -0.2) is 17.5 Å². The maximum absolute atomic E-state index is 15.2. The van der Waals surface area contributed by atoms with E-state index in [0.29, 0.717) is 5.75 Å². The number of halogens is 2. The van der Waals surface area contributed by atoms with Crippen molar-refractivity contribution in [2.75, 3.05) is 57.4 Å². The Labute approximate surface area is 362 Å². The number of sulfonamides is 1. The molecule has 0 bridgehead atoms. The van der Waals surface area contributed by atoms with E-state index < -0.39 is 21.6 Å². The lowest BCUT2D eigenvalue weighted by Crippen LogP contribution is -2.47. The van der Waals surface area contributed by atoms with E-state index in [1.54, 1.807) is 12.1 Å². The second-order valence-corrected chi connectivity index (χ2v) is 19.3. The standard InChI is InChI=1S/C48H50ClFN4O6S/c1-47(2)18-17-35(42(29-47)34-9-11-37(49)12-10-34)31-53-21-23-54(24-22-53)38-13-15-41(45(28-38)60-44-8-4-6-33-5-3-7-40(33)44)46(55)52-61(56,57)39-14-16-43(36(27-39)30-51)59-32-48(50)19-25-58-26-20-48/h3-4,6-16,27-28H,5,17-26,29,31-32H2,1-2H3,(H,52,55). The van der Waals surface area contributed by atoms with Crippen LogP contribution in [0.5, 0.6) is 17.2 Å². The number of nitrogens with zero attached hydrogens (tertiary/aromatic N) is 3. The van der Waals surface area contributed by atoms with Gasteiger partial charge in [0.15, 0.2) is 0 Å². The first-order valence-corrected chi connectivity index (χ1v) is 22.7. The third-order valence-electron chi connectivity index (χ3n) is 12.2. The van der Waals surface area contributed by atoms with Gasteiger partial charge in [0.1, 0.15) is 35.6 Å². The summed E-state index contributed by atoms with van der Waals surface area (Å²) in [4.78, 5) is 18.4. The number of ether oxygens (including phenoxy) is 3. The van der Waals surface area contributed by atoms with E-state index in [9.17, 15) is 18.5 Å². The van der Waals surface area contributed by atoms with Gasteiger partial charge in [-0.2, -0.15) is 5.26 Å². The summed E-state index contributed by atoms with van der Waals surface area (Å²) in [7, 11) is -4.47. The van der Waals surface area contributed by atoms with Crippen LogP contribution in [0.25, 0.3) is 11.6 Å². The highest BCUT2D eigenvalue weighted by molar-refractivity contribution is 7.90. The zero-order valence-corrected chi connectivity index (χ0v) is 36.1. The molecule has 1 N–H and O–H groups in total. The van der Waals surface area contributed by atoms with Gasteiger partial charge in [-0.3, -0.25) is 9.69 Å². The SMILES string of the molecule is CC1(C)CCC(CN2CCN(c3ccc(C(=O)NS(=O)(=O)c4ccc(OCC5(F)CCOCC5)c(C#N)c4)c(Oc4cccc5c4C=CC5)c3)CC2)=C(c2ccc(Cl)cc2)C1. The summed E-state index contributed by atoms with van der Waals surface area (Å²) in [6.07, 6.45) is 8.32. The maximum atomic E-state index is 15.2. The molecule has 4 aliphatic rings. The molecule has 8 rings (SSSR count). The van der Waals surface area contributed by atoms with Crippen molar-refractivity contribution in [3.8, 4) is 23.3 Å². The van der Waals surface area contributed by atoms with Gasteiger partial charge in [-0.05, 0) is 96.3 Å². The minimum Gasteiger partial charge on any atom is -0.489 e. The van der Waals surface area contributed by atoms with Crippen molar-refractivity contribution in [1.82, 2.24) is 9.62 Å². The van der Waals surface area contributed by atoms with Gasteiger partial charge in [0.2, 0.25) is 0 Å². The lowest BCUT2D eigenvalue weighted by Gasteiger charge is -2.39. The number of nitriles is 1. The molecule has 4 aromatic rings. The first kappa shape index (κ1) is 42.5. The highest BCUT2D eigenvalue weighted by atomic mass is 35.5. The van der Waals surface area contributed by atoms with Gasteiger partial charge in [0.25, 0.3) is 15.9 Å². The summed E-state index contributed by atoms with van der Waals surface area (Å²) in [5, 5.41) is 10.6. The number of benzene rings is 4. The van der Waals surface area contributed by atoms with Crippen LogP contribution in [-0.4, -0.2) is 77.4 Å². The molecule has 2 saturated heterocycles. The molecule has 318 valence electrons. The van der Waals surface area contributed by atoms with Crippen LogP contribution in [0.1, 0.15) is 78.6 Å². The molecule has 0 aromatic heterocycles. The lowest BCUT2D eigenvalue weighted by molar-refractivity contribution is -0.0324. The number of hydrogen-bond acceptors (Lipinski definition) is 9. The molecule has 2 heterocycles. The monoisotopic (exact) mass is 864 g/mol. The number of amides is 1. The summed E-state index contributed by atoms with van der Waals surface area (Å²) in [6.45, 7) is 8.99. The fourth-order valence-corrected chi connectivity index (χ4v) is 9.68. The molecular weight excluding hydrogens is 815 g/mol. The van der Waals surface area contributed by atoms with E-state index >= 15 is 4.39 Å². The second-order valence-electron chi connectivity index (χ2n) is 17.2. The summed E-state index contributed by atoms with van der Waals surface area (Å²) in [6, 6.07) is 24.7. The zero-order valence-electron chi connectivity index (χ0n) is 34.5. The molecule has 13 heteroatoms. The number of piperazine rings is 1. The Kier molecular flexibility index (Phi) is 12.3. The van der Waals surface area contributed by atoms with E-state index in [1.165, 1.54) is 28.8 Å². The first-order valence-electron chi connectivity index (χ1n) is 20.8. The van der Waals surface area contributed by atoms with Crippen LogP contribution in [0.2, 0.25) is 5.02 Å². The minimum atomic E-state index is -4.47. The molecule has 2 aliphatic carbocycles. The molecule has 1 amide bonds. The predicted molar refractivity (Wildman–Crippen MR) is 236 cm³/mol. The number of allylic oxidation sites excluding steroid dienone is 2. The van der Waals surface area contributed by atoms with Crippen LogP contribution in [0, 0.1) is 16.7 Å². The fourth-order valence-electron chi connectivity index (χ4n) is 8.56. The molecule has 10 nitrogen and oxygen atoms in total. The number of carbonyl (C=O) groups is 1. The van der Waals surface area contributed by atoms with Crippen LogP contribution in [0.4, 0.5) is 10.1 Å². The van der Waals surface area contributed by atoms with E-state index in [1.807, 2.05) is 54.6 Å². The molecule has 2 fully saturated rings. The van der Waals surface area contributed by atoms with Gasteiger partial charge in [0.05, 0.1) is 16.0 Å². The summed E-state index contributed by atoms with van der Waals surface area (Å²) in [5.74, 6) is -0.0902. The number of anilines is 1. The largest absolute Gasteiger partial charge is 0.489 e. The van der Waals surface area contributed by atoms with Crippen molar-refractivity contribution < 1.29 is 31.8 Å². The molecule has 4 aromatic carbocycles. The summed E-state index contributed by atoms with van der Waals surface area (Å²) < 4.78 is 62.1. The number of fused-ring (bicyclic) bond motifs is 1. The summed E-state index contributed by atoms with van der Waals surface area (Å²) >= 11 is 6.24. The van der Waals surface area contributed by atoms with Crippen molar-refractivity contribution in [3.63, 3.8) is 0 Å². The number of carbonyl (C=O) groups excluding carboxylic acids is 1. The molecule has 0 saturated carbocycles. The predicted octanol–water partition coefficient (Wildman–Crippen LogP) is 9.38. The normalized spacial score (nSPS) is 18.6. The average molecular weight is 865 g/mol. The van der Waals surface area contributed by atoms with Crippen LogP contribution in [0.3, 0.4) is 0 Å². The highest BCUT2D eigenvalue weighted by Gasteiger charge is 2.34. The van der Waals surface area contributed by atoms with Gasteiger partial charge in [-0.1, -0.05) is 67.4 Å². The van der Waals surface area contributed by atoms with Crippen LogP contribution >= 0.6 is 11.6 Å². The lowest BCUT2D eigenvalue weighted by atomic mass is 9.72. The van der Waals surface area contributed by atoms with E-state index in [2.05, 4.69) is 40.5 Å². The Morgan fingerprint density at radius 1 is 0.951 bits per heavy atom. The van der Waals surface area contributed by atoms with Crippen molar-refractivity contribution >= 4 is 44.9 Å². The maximum Gasteiger partial charge on any atom is 0.268 e. The highest BCUT2D eigenvalue weighted by Crippen LogP contribution is 2.44. The Morgan fingerprint density at radius 3 is 2.48 bits per heavy atom. The van der Waals surface area contributed by atoms with Crippen molar-refractivity contribution in [2.24, 2.45) is 5.41 Å². The first-order chi connectivity index (χ1) is 29.3. The van der Waals surface area contributed by atoms with Gasteiger partial charge < -0.3 is 19.1 Å². The second kappa shape index (κ2) is 17.7. The van der Waals surface area contributed by atoms with Crippen LogP contribution < -0.4 is 19.1 Å². The Hall–Kier alpha value is -5.19. The third-order valence-corrected chi connectivity index (χ3v) is 13.8. The zero-order chi connectivity index (χ0) is 42.8. The smallest absolute Gasteiger partial charge is 0.268 e. The molecular formula is C48H50ClFN4O6S. The summed E-state index contributed by atoms with van der Waals surface area (Å²) in [5.41, 5.74) is 5.52. The van der Waals surface area contributed by atoms with E-state index in [0.717, 1.165) is 86.3 Å². The molecule has 0 unspecified atom stereocenters. The van der Waals surface area contributed by atoms with Gasteiger partial charge in [-0.15, -0.1) is 0 Å². The molecule has 61 heavy (non-hydrogen) atoms. The quantitative estimate of drug-likeness (QED) is 0.149. The molecule has 0 atom stereocenters. The van der Waals surface area contributed by atoms with Gasteiger partial charge in [0, 0.05) is 81.1 Å². The van der Waals surface area contributed by atoms with Crippen molar-refractivity contribution in [1.29, 1.82) is 5.26 Å². The number of hydrogen-bond donors (Lipinski definition) is 1. The van der Waals surface area contributed by atoms with E-state index in [4.69, 9.17) is 25.8 Å². The van der Waals surface area contributed by atoms with Crippen LogP contribution in [-0.2, 0) is 21.2 Å². The minimum absolute atomic E-state index is 0.0256. The molecule has 0 spiro atoms. The Morgan fingerprint density at radius 2 is 1.72 bits per heavy atom. The number of alkyl halides is 1. The Balaban J connectivity index is 1.00. The van der Waals surface area contributed by atoms with Crippen molar-refractivity contribution in [2.45, 2.75) is 62.9 Å². The Bertz CT molecular complexity index is 2520. The third kappa shape index (κ3) is 9.81. The molecule has 2 aliphatic heterocycles. The average Bonchev–Trinajstić information content (AvgIpc) is 3.74. The number of nitrogens with one attached hydrogen (secondary N) is 1. The van der Waals surface area contributed by atoms with Gasteiger partial charge >= 0.3 is 0 Å². The number of rotatable bonds is 12.